The van der Waals surface area contributed by atoms with Gasteiger partial charge in [-0.2, -0.15) is 5.10 Å². The van der Waals surface area contributed by atoms with Crippen molar-refractivity contribution in [1.82, 2.24) is 30.0 Å². The van der Waals surface area contributed by atoms with Crippen molar-refractivity contribution in [3.63, 3.8) is 0 Å². The number of aliphatic hydroxyl groups excluding tert-OH is 2. The fraction of sp³-hybridized carbons (Fsp3) is 0.333. The predicted molar refractivity (Wildman–Crippen MR) is 149 cm³/mol. The number of allylic oxidation sites excluding steroid dienone is 1. The minimum atomic E-state index is -1.44. The standard InChI is InChI=1S/C21H22N8O9S3/c1-38-27-11(9-6-41-21(22)23-9)15(32)24-12-17(34)29-13(20(36)37)7(5-40-19(12)29)2-10(39)14-25-26-16(33)18(35)28(14)3-8(31)4-30/h2,6,8,12,19,30-31,39H,3-5H2,1H3,(H2,22,23)(H,24,32)(H,26,33)(H,36,37). The molecule has 2 aliphatic rings. The molecule has 1 saturated heterocycles. The van der Waals surface area contributed by atoms with E-state index in [9.17, 15) is 34.2 Å². The van der Waals surface area contributed by atoms with Crippen LogP contribution in [0.25, 0.3) is 4.91 Å². The van der Waals surface area contributed by atoms with Gasteiger partial charge in [-0.05, 0) is 11.6 Å². The summed E-state index contributed by atoms with van der Waals surface area (Å²) in [5, 5.41) is 41.8. The number of hydrogen-bond donors (Lipinski definition) is 7. The highest BCUT2D eigenvalue weighted by Crippen LogP contribution is 2.41. The number of thioether (sulfide) groups is 1. The smallest absolute Gasteiger partial charge is 0.352 e. The second-order valence-electron chi connectivity index (χ2n) is 8.39. The minimum absolute atomic E-state index is 0.0427. The number of nitrogens with zero attached hydrogens (tertiary/aromatic N) is 5. The van der Waals surface area contributed by atoms with Crippen LogP contribution in [-0.2, 0) is 25.8 Å². The van der Waals surface area contributed by atoms with Crippen LogP contribution in [0.5, 0.6) is 0 Å². The summed E-state index contributed by atoms with van der Waals surface area (Å²) < 4.78 is 0.786. The summed E-state index contributed by atoms with van der Waals surface area (Å²) in [6, 6.07) is -1.09. The van der Waals surface area contributed by atoms with E-state index in [1.807, 2.05) is 5.10 Å². The van der Waals surface area contributed by atoms with Crippen molar-refractivity contribution in [1.29, 1.82) is 0 Å². The number of aliphatic carboxylic acids is 1. The van der Waals surface area contributed by atoms with E-state index in [1.165, 1.54) is 18.6 Å². The quantitative estimate of drug-likeness (QED) is 0.0469. The first-order chi connectivity index (χ1) is 19.5. The van der Waals surface area contributed by atoms with Crippen LogP contribution in [0, 0.1) is 0 Å². The van der Waals surface area contributed by atoms with Gasteiger partial charge in [0.25, 0.3) is 11.8 Å². The summed E-state index contributed by atoms with van der Waals surface area (Å²) in [6.07, 6.45) is -0.142. The summed E-state index contributed by atoms with van der Waals surface area (Å²) in [4.78, 5) is 72.0. The molecule has 0 spiro atoms. The average Bonchev–Trinajstić information content (AvgIpc) is 3.37. The molecule has 20 heteroatoms. The Morgan fingerprint density at radius 3 is 2.76 bits per heavy atom. The van der Waals surface area contributed by atoms with Crippen LogP contribution in [0.3, 0.4) is 0 Å². The van der Waals surface area contributed by atoms with Gasteiger partial charge in [-0.25, -0.2) is 14.9 Å². The lowest BCUT2D eigenvalue weighted by atomic mass is 10.0. The van der Waals surface area contributed by atoms with E-state index in [4.69, 9.17) is 15.7 Å². The largest absolute Gasteiger partial charge is 0.477 e. The molecule has 41 heavy (non-hydrogen) atoms. The van der Waals surface area contributed by atoms with Crippen molar-refractivity contribution in [3.8, 4) is 0 Å². The Balaban J connectivity index is 1.62. The molecule has 0 aromatic carbocycles. The Bertz CT molecular complexity index is 1610. The van der Waals surface area contributed by atoms with Crippen LogP contribution in [0.4, 0.5) is 5.13 Å². The van der Waals surface area contributed by atoms with Crippen molar-refractivity contribution in [2.45, 2.75) is 24.1 Å². The fourth-order valence-electron chi connectivity index (χ4n) is 3.95. The number of rotatable bonds is 10. The van der Waals surface area contributed by atoms with Crippen molar-refractivity contribution in [2.75, 3.05) is 25.2 Å². The molecule has 17 nitrogen and oxygen atoms in total. The number of aromatic amines is 1. The molecule has 2 aromatic heterocycles. The number of anilines is 1. The van der Waals surface area contributed by atoms with E-state index in [0.717, 1.165) is 32.6 Å². The van der Waals surface area contributed by atoms with Crippen LogP contribution in [-0.4, -0.2) is 100 Å². The van der Waals surface area contributed by atoms with Crippen molar-refractivity contribution in [3.05, 3.63) is 55.0 Å². The predicted octanol–water partition coefficient (Wildman–Crippen LogP) is -2.62. The lowest BCUT2D eigenvalue weighted by Gasteiger charge is -2.49. The van der Waals surface area contributed by atoms with E-state index < -0.39 is 59.6 Å². The molecule has 3 atom stereocenters. The highest BCUT2D eigenvalue weighted by molar-refractivity contribution is 8.00. The lowest BCUT2D eigenvalue weighted by molar-refractivity contribution is -0.150. The molecule has 0 radical (unpaired) electrons. The van der Waals surface area contributed by atoms with E-state index in [0.29, 0.717) is 0 Å². The number of amides is 2. The van der Waals surface area contributed by atoms with Gasteiger partial charge in [-0.3, -0.25) is 28.6 Å². The van der Waals surface area contributed by atoms with Crippen LogP contribution in [0.1, 0.15) is 11.5 Å². The zero-order chi connectivity index (χ0) is 30.0. The maximum absolute atomic E-state index is 13.1. The molecule has 0 bridgehead atoms. The molecule has 2 amide bonds. The molecule has 2 aromatic rings. The zero-order valence-corrected chi connectivity index (χ0v) is 23.4. The van der Waals surface area contributed by atoms with Crippen LogP contribution in [0.15, 0.2) is 37.5 Å². The number of H-pyrrole nitrogens is 1. The van der Waals surface area contributed by atoms with Gasteiger partial charge in [-0.15, -0.1) is 35.7 Å². The molecule has 2 aliphatic heterocycles. The van der Waals surface area contributed by atoms with Gasteiger partial charge in [-0.1, -0.05) is 5.16 Å². The molecule has 1 fully saturated rings. The molecule has 3 unspecified atom stereocenters. The summed E-state index contributed by atoms with van der Waals surface area (Å²) >= 11 is 6.53. The van der Waals surface area contributed by atoms with Gasteiger partial charge >= 0.3 is 17.1 Å². The summed E-state index contributed by atoms with van der Waals surface area (Å²) in [5.41, 5.74) is 3.10. The van der Waals surface area contributed by atoms with E-state index >= 15 is 0 Å². The Morgan fingerprint density at radius 1 is 1.41 bits per heavy atom. The molecular formula is C21H22N8O9S3. The second kappa shape index (κ2) is 12.3. The number of thiol groups is 1. The van der Waals surface area contributed by atoms with Gasteiger partial charge in [0.05, 0.1) is 19.3 Å². The fourth-order valence-corrected chi connectivity index (χ4v) is 6.13. The number of oxime groups is 1. The maximum Gasteiger partial charge on any atom is 0.352 e. The number of carboxylic acid groups (broad SMARTS) is 1. The van der Waals surface area contributed by atoms with E-state index in [2.05, 4.69) is 33.2 Å². The second-order valence-corrected chi connectivity index (χ2v) is 10.9. The number of nitrogens with two attached hydrogens (primary N) is 1. The molecule has 4 rings (SSSR count). The number of carboxylic acids is 1. The monoisotopic (exact) mass is 626 g/mol. The molecule has 4 heterocycles. The third-order valence-electron chi connectivity index (χ3n) is 5.75. The van der Waals surface area contributed by atoms with Gasteiger partial charge in [0, 0.05) is 16.0 Å². The number of fused-ring (bicyclic) bond motifs is 1. The zero-order valence-electron chi connectivity index (χ0n) is 20.9. The number of thiazole rings is 1. The number of aliphatic hydroxyl groups is 2. The number of nitrogen functional groups attached to an aromatic ring is 1. The van der Waals surface area contributed by atoms with Gasteiger partial charge in [0.2, 0.25) is 0 Å². The summed E-state index contributed by atoms with van der Waals surface area (Å²) in [5.74, 6) is -3.11. The topological polar surface area (TPSA) is 255 Å². The number of aromatic nitrogens is 4. The maximum atomic E-state index is 13.1. The van der Waals surface area contributed by atoms with Gasteiger partial charge < -0.3 is 31.2 Å². The molecular weight excluding hydrogens is 604 g/mol. The van der Waals surface area contributed by atoms with Crippen LogP contribution >= 0.6 is 35.7 Å². The molecule has 7 N–H and O–H groups in total. The van der Waals surface area contributed by atoms with Gasteiger partial charge in [0.1, 0.15) is 29.9 Å². The number of carbonyl (C=O) groups excluding carboxylic acids is 2. The molecule has 0 aliphatic carbocycles. The first-order valence-electron chi connectivity index (χ1n) is 11.4. The molecule has 218 valence electrons. The first-order valence-corrected chi connectivity index (χ1v) is 13.8. The van der Waals surface area contributed by atoms with E-state index in [-0.39, 0.29) is 44.3 Å². The summed E-state index contributed by atoms with van der Waals surface area (Å²) in [7, 11) is 1.22. The highest BCUT2D eigenvalue weighted by Gasteiger charge is 2.54. The van der Waals surface area contributed by atoms with Gasteiger partial charge in [0.15, 0.2) is 16.7 Å². The number of carbonyl (C=O) groups is 3. The highest BCUT2D eigenvalue weighted by atomic mass is 32.2. The number of nitrogens with one attached hydrogen (secondary N) is 2. The Morgan fingerprint density at radius 2 is 2.15 bits per heavy atom. The van der Waals surface area contributed by atoms with Crippen LogP contribution in [0.2, 0.25) is 0 Å². The Hall–Kier alpha value is -3.98. The summed E-state index contributed by atoms with van der Waals surface area (Å²) in [6.45, 7) is -1.20. The number of β-lactam (4-membered cyclic amide) rings is 1. The molecule has 0 saturated carbocycles. The third kappa shape index (κ3) is 5.91. The number of hydrogen-bond acceptors (Lipinski definition) is 15. The van der Waals surface area contributed by atoms with Crippen molar-refractivity contribution in [2.24, 2.45) is 5.16 Å². The average molecular weight is 627 g/mol. The van der Waals surface area contributed by atoms with Crippen molar-refractivity contribution < 1.29 is 34.5 Å². The van der Waals surface area contributed by atoms with Crippen molar-refractivity contribution >= 4 is 69.3 Å². The third-order valence-corrected chi connectivity index (χ3v) is 8.06. The normalized spacial score (nSPS) is 19.9. The Labute approximate surface area is 242 Å². The minimum Gasteiger partial charge on any atom is -0.477 e. The SMILES string of the molecule is CON=C(C(=O)NC1C(=O)N2C(C(=O)O)=C(C=C(S)c3n[nH]c(=O)c(=O)n3CC(O)CO)CSC12)c1csc(N)n1. The lowest BCUT2D eigenvalue weighted by Crippen LogP contribution is -2.71. The van der Waals surface area contributed by atoms with Crippen LogP contribution < -0.4 is 22.2 Å². The Kier molecular flexibility index (Phi) is 8.97. The van der Waals surface area contributed by atoms with E-state index in [1.54, 1.807) is 0 Å². The first kappa shape index (κ1) is 30.0.